The summed E-state index contributed by atoms with van der Waals surface area (Å²) in [4.78, 5) is 23.6. The maximum atomic E-state index is 12.1. The van der Waals surface area contributed by atoms with Crippen molar-refractivity contribution in [2.45, 2.75) is 32.1 Å². The fraction of sp³-hybridized carbons (Fsp3) is 0.400. The lowest BCUT2D eigenvalue weighted by atomic mass is 9.82. The van der Waals surface area contributed by atoms with E-state index in [2.05, 4.69) is 21.2 Å². The molecule has 0 heterocycles. The Morgan fingerprint density at radius 3 is 2.62 bits per heavy atom. The smallest absolute Gasteiger partial charge is 0.310 e. The average Bonchev–Trinajstić information content (AvgIpc) is 2.90. The first-order valence-electron chi connectivity index (χ1n) is 6.70. The molecule has 0 atom stereocenters. The summed E-state index contributed by atoms with van der Waals surface area (Å²) in [7, 11) is 0. The number of hydrogen-bond acceptors (Lipinski definition) is 3. The predicted octanol–water partition coefficient (Wildman–Crippen LogP) is 3.29. The number of carbonyl (C=O) groups is 2. The molecule has 0 radical (unpaired) electrons. The van der Waals surface area contributed by atoms with Gasteiger partial charge in [-0.3, -0.25) is 9.59 Å². The van der Waals surface area contributed by atoms with Crippen LogP contribution >= 0.6 is 15.9 Å². The lowest BCUT2D eigenvalue weighted by Gasteiger charge is -2.23. The maximum absolute atomic E-state index is 12.1. The zero-order valence-corrected chi connectivity index (χ0v) is 12.9. The molecule has 0 aromatic heterocycles. The molecule has 0 unspecified atom stereocenters. The number of hydrogen-bond donors (Lipinski definition) is 2. The Labute approximate surface area is 131 Å². The molecule has 5 nitrogen and oxygen atoms in total. The van der Waals surface area contributed by atoms with Gasteiger partial charge in [0.15, 0.2) is 0 Å². The van der Waals surface area contributed by atoms with E-state index in [4.69, 9.17) is 5.26 Å². The Bertz CT molecular complexity index is 616. The highest BCUT2D eigenvalue weighted by Crippen LogP contribution is 2.41. The van der Waals surface area contributed by atoms with Gasteiger partial charge in [0, 0.05) is 10.9 Å². The highest BCUT2D eigenvalue weighted by Gasteiger charge is 2.43. The van der Waals surface area contributed by atoms with Crippen molar-refractivity contribution in [3.63, 3.8) is 0 Å². The number of carboxylic acids is 1. The summed E-state index contributed by atoms with van der Waals surface area (Å²) in [5.74, 6) is -1.27. The van der Waals surface area contributed by atoms with E-state index in [1.165, 1.54) is 0 Å². The van der Waals surface area contributed by atoms with Crippen molar-refractivity contribution in [1.82, 2.24) is 0 Å². The Morgan fingerprint density at radius 1 is 1.38 bits per heavy atom. The minimum absolute atomic E-state index is 0.0523. The number of benzene rings is 1. The van der Waals surface area contributed by atoms with Crippen LogP contribution in [-0.2, 0) is 9.59 Å². The first kappa shape index (κ1) is 15.5. The van der Waals surface area contributed by atoms with Crippen LogP contribution in [0, 0.1) is 16.7 Å². The van der Waals surface area contributed by atoms with Gasteiger partial charge in [-0.15, -0.1) is 0 Å². The van der Waals surface area contributed by atoms with Crippen LogP contribution < -0.4 is 5.32 Å². The molecule has 0 bridgehead atoms. The molecule has 6 heteroatoms. The standard InChI is InChI=1S/C15H15BrN2O3/c16-11-3-4-12(10(7-11)9-17)18-13(19)8-15(14(20)21)5-1-2-6-15/h3-4,7H,1-2,5-6,8H2,(H,18,19)(H,20,21). The Hall–Kier alpha value is -1.87. The van der Waals surface area contributed by atoms with Gasteiger partial charge in [0.25, 0.3) is 0 Å². The summed E-state index contributed by atoms with van der Waals surface area (Å²) in [6.07, 6.45) is 2.67. The third-order valence-electron chi connectivity index (χ3n) is 3.89. The molecule has 1 aromatic rings. The molecule has 0 spiro atoms. The molecule has 0 saturated heterocycles. The summed E-state index contributed by atoms with van der Waals surface area (Å²) in [5, 5.41) is 21.1. The second kappa shape index (κ2) is 6.27. The van der Waals surface area contributed by atoms with Crippen molar-refractivity contribution in [2.75, 3.05) is 5.32 Å². The number of carbonyl (C=O) groups excluding carboxylic acids is 1. The zero-order chi connectivity index (χ0) is 15.5. The largest absolute Gasteiger partial charge is 0.481 e. The predicted molar refractivity (Wildman–Crippen MR) is 80.6 cm³/mol. The van der Waals surface area contributed by atoms with E-state index in [1.807, 2.05) is 6.07 Å². The second-order valence-corrected chi connectivity index (χ2v) is 6.23. The lowest BCUT2D eigenvalue weighted by molar-refractivity contribution is -0.150. The van der Waals surface area contributed by atoms with E-state index < -0.39 is 11.4 Å². The highest BCUT2D eigenvalue weighted by molar-refractivity contribution is 9.10. The molecule has 110 valence electrons. The Morgan fingerprint density at radius 2 is 2.05 bits per heavy atom. The van der Waals surface area contributed by atoms with E-state index in [0.29, 0.717) is 24.1 Å². The van der Waals surface area contributed by atoms with Gasteiger partial charge in [-0.25, -0.2) is 0 Å². The van der Waals surface area contributed by atoms with Gasteiger partial charge in [-0.2, -0.15) is 5.26 Å². The van der Waals surface area contributed by atoms with Crippen LogP contribution in [0.25, 0.3) is 0 Å². The van der Waals surface area contributed by atoms with E-state index in [0.717, 1.165) is 17.3 Å². The fourth-order valence-corrected chi connectivity index (χ4v) is 3.10. The quantitative estimate of drug-likeness (QED) is 0.871. The number of carboxylic acid groups (broad SMARTS) is 1. The monoisotopic (exact) mass is 350 g/mol. The molecule has 2 N–H and O–H groups in total. The van der Waals surface area contributed by atoms with Crippen molar-refractivity contribution in [3.05, 3.63) is 28.2 Å². The van der Waals surface area contributed by atoms with E-state index in [-0.39, 0.29) is 12.3 Å². The molecule has 1 aromatic carbocycles. The van der Waals surface area contributed by atoms with Gasteiger partial charge in [0.1, 0.15) is 6.07 Å². The molecule has 1 aliphatic rings. The third kappa shape index (κ3) is 3.42. The van der Waals surface area contributed by atoms with Crippen LogP contribution in [0.1, 0.15) is 37.7 Å². The van der Waals surface area contributed by atoms with Crippen molar-refractivity contribution in [2.24, 2.45) is 5.41 Å². The zero-order valence-electron chi connectivity index (χ0n) is 11.4. The third-order valence-corrected chi connectivity index (χ3v) is 4.38. The summed E-state index contributed by atoms with van der Waals surface area (Å²) in [5.41, 5.74) is -0.204. The number of halogens is 1. The van der Waals surface area contributed by atoms with Gasteiger partial charge in [-0.05, 0) is 31.0 Å². The first-order valence-corrected chi connectivity index (χ1v) is 7.49. The summed E-state index contributed by atoms with van der Waals surface area (Å²) < 4.78 is 0.745. The van der Waals surface area contributed by atoms with Crippen molar-refractivity contribution in [3.8, 4) is 6.07 Å². The van der Waals surface area contributed by atoms with Crippen LogP contribution in [-0.4, -0.2) is 17.0 Å². The molecular weight excluding hydrogens is 336 g/mol. The van der Waals surface area contributed by atoms with Gasteiger partial charge >= 0.3 is 5.97 Å². The molecule has 2 rings (SSSR count). The average molecular weight is 351 g/mol. The Balaban J connectivity index is 2.12. The maximum Gasteiger partial charge on any atom is 0.310 e. The number of nitrogens with zero attached hydrogens (tertiary/aromatic N) is 1. The van der Waals surface area contributed by atoms with Gasteiger partial charge in [0.05, 0.1) is 16.7 Å². The van der Waals surface area contributed by atoms with Crippen LogP contribution in [0.15, 0.2) is 22.7 Å². The number of amides is 1. The van der Waals surface area contributed by atoms with Crippen molar-refractivity contribution in [1.29, 1.82) is 5.26 Å². The number of rotatable bonds is 4. The summed E-state index contributed by atoms with van der Waals surface area (Å²) >= 11 is 3.26. The van der Waals surface area contributed by atoms with Crippen LogP contribution in [0.3, 0.4) is 0 Å². The minimum Gasteiger partial charge on any atom is -0.481 e. The molecular formula is C15H15BrN2O3. The molecule has 0 aliphatic heterocycles. The fourth-order valence-electron chi connectivity index (χ4n) is 2.74. The Kier molecular flexibility index (Phi) is 4.63. The SMILES string of the molecule is N#Cc1cc(Br)ccc1NC(=O)CC1(C(=O)O)CCCC1. The van der Waals surface area contributed by atoms with Crippen molar-refractivity contribution >= 4 is 33.5 Å². The molecule has 1 aliphatic carbocycles. The molecule has 1 amide bonds. The number of nitriles is 1. The van der Waals surface area contributed by atoms with E-state index in [1.54, 1.807) is 18.2 Å². The number of aliphatic carboxylic acids is 1. The van der Waals surface area contributed by atoms with Crippen LogP contribution in [0.4, 0.5) is 5.69 Å². The van der Waals surface area contributed by atoms with Gasteiger partial charge in [0.2, 0.25) is 5.91 Å². The number of nitrogens with one attached hydrogen (secondary N) is 1. The van der Waals surface area contributed by atoms with Crippen molar-refractivity contribution < 1.29 is 14.7 Å². The van der Waals surface area contributed by atoms with E-state index >= 15 is 0 Å². The summed E-state index contributed by atoms with van der Waals surface area (Å²) in [6.45, 7) is 0. The lowest BCUT2D eigenvalue weighted by Crippen LogP contribution is -2.32. The molecule has 1 fully saturated rings. The van der Waals surface area contributed by atoms with E-state index in [9.17, 15) is 14.7 Å². The normalized spacial score (nSPS) is 16.2. The first-order chi connectivity index (χ1) is 9.97. The molecule has 1 saturated carbocycles. The van der Waals surface area contributed by atoms with Crippen LogP contribution in [0.5, 0.6) is 0 Å². The topological polar surface area (TPSA) is 90.2 Å². The number of anilines is 1. The van der Waals surface area contributed by atoms with Gasteiger partial charge < -0.3 is 10.4 Å². The second-order valence-electron chi connectivity index (χ2n) is 5.32. The summed E-state index contributed by atoms with van der Waals surface area (Å²) in [6, 6.07) is 6.96. The van der Waals surface area contributed by atoms with Gasteiger partial charge in [-0.1, -0.05) is 28.8 Å². The minimum atomic E-state index is -0.952. The highest BCUT2D eigenvalue weighted by atomic mass is 79.9. The molecule has 21 heavy (non-hydrogen) atoms. The van der Waals surface area contributed by atoms with Crippen LogP contribution in [0.2, 0.25) is 0 Å².